The SMILES string of the molecule is CC(C)Cn1nc(-c2ccc(CN)c(F)c2)cc(CN2CCN(C(=O)OC(C)(C)C)CC2)c1=O. The molecule has 3 rings (SSSR count). The molecule has 2 heterocycles. The average Bonchev–Trinajstić information content (AvgIpc) is 2.75. The van der Waals surface area contributed by atoms with Crippen molar-refractivity contribution in [3.63, 3.8) is 0 Å². The van der Waals surface area contributed by atoms with E-state index in [2.05, 4.69) is 10.00 Å². The van der Waals surface area contributed by atoms with Crippen molar-refractivity contribution in [2.75, 3.05) is 26.2 Å². The van der Waals surface area contributed by atoms with Crippen molar-refractivity contribution in [1.29, 1.82) is 0 Å². The summed E-state index contributed by atoms with van der Waals surface area (Å²) >= 11 is 0. The van der Waals surface area contributed by atoms with Crippen molar-refractivity contribution in [3.05, 3.63) is 51.6 Å². The van der Waals surface area contributed by atoms with Gasteiger partial charge in [0.25, 0.3) is 5.56 Å². The Hall–Kier alpha value is -2.78. The van der Waals surface area contributed by atoms with Gasteiger partial charge in [0, 0.05) is 62.5 Å². The van der Waals surface area contributed by atoms with E-state index in [1.54, 1.807) is 23.1 Å². The molecule has 0 bridgehead atoms. The molecule has 2 N–H and O–H groups in total. The van der Waals surface area contributed by atoms with Gasteiger partial charge in [-0.25, -0.2) is 13.9 Å². The molecule has 2 aromatic rings. The minimum atomic E-state index is -0.537. The van der Waals surface area contributed by atoms with E-state index in [-0.39, 0.29) is 29.9 Å². The van der Waals surface area contributed by atoms with Crippen molar-refractivity contribution in [1.82, 2.24) is 19.6 Å². The maximum atomic E-state index is 14.4. The van der Waals surface area contributed by atoms with Crippen molar-refractivity contribution in [3.8, 4) is 11.3 Å². The number of rotatable bonds is 6. The fourth-order valence-electron chi connectivity index (χ4n) is 3.85. The number of carbonyl (C=O) groups excluding carboxylic acids is 1. The number of amides is 1. The van der Waals surface area contributed by atoms with E-state index in [1.165, 1.54) is 10.7 Å². The third kappa shape index (κ3) is 6.64. The molecule has 1 aromatic carbocycles. The number of carbonyl (C=O) groups is 1. The zero-order valence-corrected chi connectivity index (χ0v) is 20.8. The molecule has 1 aromatic heterocycles. The van der Waals surface area contributed by atoms with Crippen LogP contribution in [-0.2, 0) is 24.4 Å². The fraction of sp³-hybridized carbons (Fsp3) is 0.560. The predicted molar refractivity (Wildman–Crippen MR) is 130 cm³/mol. The first-order valence-electron chi connectivity index (χ1n) is 11.8. The lowest BCUT2D eigenvalue weighted by atomic mass is 10.1. The highest BCUT2D eigenvalue weighted by molar-refractivity contribution is 5.68. The molecule has 186 valence electrons. The summed E-state index contributed by atoms with van der Waals surface area (Å²) in [6.45, 7) is 12.9. The van der Waals surface area contributed by atoms with Crippen molar-refractivity contribution in [2.24, 2.45) is 11.7 Å². The molecule has 0 radical (unpaired) electrons. The van der Waals surface area contributed by atoms with E-state index >= 15 is 0 Å². The topological polar surface area (TPSA) is 93.7 Å². The van der Waals surface area contributed by atoms with Gasteiger partial charge in [0.1, 0.15) is 11.4 Å². The number of ether oxygens (including phenoxy) is 1. The summed E-state index contributed by atoms with van der Waals surface area (Å²) in [6.07, 6.45) is -0.319. The second kappa shape index (κ2) is 10.7. The van der Waals surface area contributed by atoms with Gasteiger partial charge in [-0.2, -0.15) is 5.10 Å². The maximum Gasteiger partial charge on any atom is 0.410 e. The number of halogens is 1. The summed E-state index contributed by atoms with van der Waals surface area (Å²) < 4.78 is 21.3. The Labute approximate surface area is 200 Å². The average molecular weight is 474 g/mol. The van der Waals surface area contributed by atoms with Gasteiger partial charge in [0.15, 0.2) is 0 Å². The van der Waals surface area contributed by atoms with Crippen LogP contribution < -0.4 is 11.3 Å². The molecule has 0 spiro atoms. The predicted octanol–water partition coefficient (Wildman–Crippen LogP) is 3.22. The van der Waals surface area contributed by atoms with Crippen LogP contribution in [0.5, 0.6) is 0 Å². The second-order valence-corrected chi connectivity index (χ2v) is 10.2. The lowest BCUT2D eigenvalue weighted by Crippen LogP contribution is -2.50. The van der Waals surface area contributed by atoms with Crippen LogP contribution in [0.2, 0.25) is 0 Å². The lowest BCUT2D eigenvalue weighted by Gasteiger charge is -2.35. The zero-order chi connectivity index (χ0) is 25.0. The number of hydrogen-bond donors (Lipinski definition) is 1. The third-order valence-corrected chi connectivity index (χ3v) is 5.57. The Kier molecular flexibility index (Phi) is 8.09. The molecule has 0 unspecified atom stereocenters. The third-order valence-electron chi connectivity index (χ3n) is 5.57. The second-order valence-electron chi connectivity index (χ2n) is 10.2. The molecule has 0 aliphatic carbocycles. The Morgan fingerprint density at radius 2 is 1.82 bits per heavy atom. The van der Waals surface area contributed by atoms with Crippen molar-refractivity contribution >= 4 is 6.09 Å². The lowest BCUT2D eigenvalue weighted by molar-refractivity contribution is 0.0138. The summed E-state index contributed by atoms with van der Waals surface area (Å²) in [6, 6.07) is 6.59. The van der Waals surface area contributed by atoms with Crippen LogP contribution in [0.4, 0.5) is 9.18 Å². The number of nitrogens with two attached hydrogens (primary N) is 1. The normalized spacial score (nSPS) is 15.1. The number of piperazine rings is 1. The first-order valence-corrected chi connectivity index (χ1v) is 11.8. The standard InChI is InChI=1S/C25H36FN5O3/c1-17(2)15-31-23(32)20(13-22(28-31)18-6-7-19(14-27)21(26)12-18)16-29-8-10-30(11-9-29)24(33)34-25(3,4)5/h6-7,12-13,17H,8-11,14-16,27H2,1-5H3. The smallest absolute Gasteiger partial charge is 0.410 e. The summed E-state index contributed by atoms with van der Waals surface area (Å²) in [5.74, 6) is -0.162. The Morgan fingerprint density at radius 3 is 2.38 bits per heavy atom. The van der Waals surface area contributed by atoms with Gasteiger partial charge in [-0.15, -0.1) is 0 Å². The molecule has 1 aliphatic heterocycles. The van der Waals surface area contributed by atoms with E-state index < -0.39 is 5.60 Å². The number of benzene rings is 1. The van der Waals surface area contributed by atoms with Gasteiger partial charge in [-0.3, -0.25) is 9.69 Å². The maximum absolute atomic E-state index is 14.4. The highest BCUT2D eigenvalue weighted by Gasteiger charge is 2.26. The molecule has 1 aliphatic rings. The van der Waals surface area contributed by atoms with Crippen LogP contribution in [0.3, 0.4) is 0 Å². The largest absolute Gasteiger partial charge is 0.444 e. The van der Waals surface area contributed by atoms with Crippen LogP contribution in [0.15, 0.2) is 29.1 Å². The molecule has 0 saturated carbocycles. The van der Waals surface area contributed by atoms with Gasteiger partial charge < -0.3 is 15.4 Å². The molecule has 1 fully saturated rings. The summed E-state index contributed by atoms with van der Waals surface area (Å²) in [4.78, 5) is 29.3. The Balaban J connectivity index is 1.81. The first kappa shape index (κ1) is 25.8. The van der Waals surface area contributed by atoms with Crippen LogP contribution in [0.25, 0.3) is 11.3 Å². The van der Waals surface area contributed by atoms with Gasteiger partial charge in [-0.05, 0) is 38.8 Å². The highest BCUT2D eigenvalue weighted by atomic mass is 19.1. The summed E-state index contributed by atoms with van der Waals surface area (Å²) in [5, 5.41) is 4.52. The molecule has 0 atom stereocenters. The van der Waals surface area contributed by atoms with E-state index in [1.807, 2.05) is 34.6 Å². The molecular weight excluding hydrogens is 437 g/mol. The van der Waals surface area contributed by atoms with Crippen LogP contribution >= 0.6 is 0 Å². The zero-order valence-electron chi connectivity index (χ0n) is 20.8. The van der Waals surface area contributed by atoms with Crippen LogP contribution in [0, 0.1) is 11.7 Å². The van der Waals surface area contributed by atoms with Gasteiger partial charge in [-0.1, -0.05) is 26.0 Å². The van der Waals surface area contributed by atoms with E-state index in [9.17, 15) is 14.0 Å². The van der Waals surface area contributed by atoms with Crippen LogP contribution in [0.1, 0.15) is 45.7 Å². The first-order chi connectivity index (χ1) is 16.0. The molecule has 1 amide bonds. The number of hydrogen-bond acceptors (Lipinski definition) is 6. The quantitative estimate of drug-likeness (QED) is 0.693. The van der Waals surface area contributed by atoms with Crippen molar-refractivity contribution < 1.29 is 13.9 Å². The Bertz CT molecular complexity index is 1070. The fourth-order valence-corrected chi connectivity index (χ4v) is 3.85. The monoisotopic (exact) mass is 473 g/mol. The molecular formula is C25H36FN5O3. The van der Waals surface area contributed by atoms with Gasteiger partial charge in [0.2, 0.25) is 0 Å². The van der Waals surface area contributed by atoms with Gasteiger partial charge >= 0.3 is 6.09 Å². The number of aromatic nitrogens is 2. The van der Waals surface area contributed by atoms with Gasteiger partial charge in [0.05, 0.1) is 5.69 Å². The van der Waals surface area contributed by atoms with Crippen molar-refractivity contribution in [2.45, 2.75) is 59.9 Å². The van der Waals surface area contributed by atoms with Crippen LogP contribution in [-0.4, -0.2) is 57.5 Å². The molecule has 34 heavy (non-hydrogen) atoms. The molecule has 8 nitrogen and oxygen atoms in total. The summed E-state index contributed by atoms with van der Waals surface area (Å²) in [5.41, 5.74) is 7.08. The van der Waals surface area contributed by atoms with E-state index in [4.69, 9.17) is 10.5 Å². The highest BCUT2D eigenvalue weighted by Crippen LogP contribution is 2.21. The van der Waals surface area contributed by atoms with E-state index in [0.29, 0.717) is 61.7 Å². The minimum Gasteiger partial charge on any atom is -0.444 e. The molecule has 9 heteroatoms. The molecule has 1 saturated heterocycles. The number of nitrogens with zero attached hydrogens (tertiary/aromatic N) is 4. The summed E-state index contributed by atoms with van der Waals surface area (Å²) in [7, 11) is 0. The minimum absolute atomic E-state index is 0.118. The Morgan fingerprint density at radius 1 is 1.15 bits per heavy atom. The van der Waals surface area contributed by atoms with E-state index in [0.717, 1.165) is 0 Å².